The van der Waals surface area contributed by atoms with Crippen LogP contribution in [0.2, 0.25) is 0 Å². The summed E-state index contributed by atoms with van der Waals surface area (Å²) in [6.45, 7) is 10.9. The van der Waals surface area contributed by atoms with Gasteiger partial charge in [-0.3, -0.25) is 0 Å². The quantitative estimate of drug-likeness (QED) is 0.802. The van der Waals surface area contributed by atoms with Gasteiger partial charge in [0.25, 0.3) is 0 Å². The zero-order valence-electron chi connectivity index (χ0n) is 12.8. The lowest BCUT2D eigenvalue weighted by Gasteiger charge is -2.19. The summed E-state index contributed by atoms with van der Waals surface area (Å²) >= 11 is 1.68. The van der Waals surface area contributed by atoms with Crippen LogP contribution in [0, 0.1) is 0 Å². The van der Waals surface area contributed by atoms with E-state index in [2.05, 4.69) is 74.4 Å². The SMILES string of the molecule is CC(C)n1nnnc1SCc1ccc(C(C)(C)C)cc1. The summed E-state index contributed by atoms with van der Waals surface area (Å²) in [6, 6.07) is 9.09. The average Bonchev–Trinajstić information content (AvgIpc) is 2.84. The lowest BCUT2D eigenvalue weighted by molar-refractivity contribution is 0.477. The summed E-state index contributed by atoms with van der Waals surface area (Å²) in [5.74, 6) is 0.886. The monoisotopic (exact) mass is 290 g/mol. The van der Waals surface area contributed by atoms with Crippen molar-refractivity contribution >= 4 is 11.8 Å². The number of thioether (sulfide) groups is 1. The summed E-state index contributed by atoms with van der Waals surface area (Å²) in [5, 5.41) is 12.7. The Balaban J connectivity index is 2.02. The number of nitrogens with zero attached hydrogens (tertiary/aromatic N) is 4. The van der Waals surface area contributed by atoms with Crippen LogP contribution in [0.4, 0.5) is 0 Å². The van der Waals surface area contributed by atoms with E-state index in [9.17, 15) is 0 Å². The van der Waals surface area contributed by atoms with E-state index in [4.69, 9.17) is 0 Å². The first-order chi connectivity index (χ1) is 9.38. The first kappa shape index (κ1) is 15.0. The Morgan fingerprint density at radius 1 is 1.15 bits per heavy atom. The van der Waals surface area contributed by atoms with Crippen LogP contribution in [-0.2, 0) is 11.2 Å². The van der Waals surface area contributed by atoms with Crippen molar-refractivity contribution in [1.29, 1.82) is 0 Å². The third-order valence-electron chi connectivity index (χ3n) is 3.14. The van der Waals surface area contributed by atoms with Crippen LogP contribution in [0.25, 0.3) is 0 Å². The molecule has 108 valence electrons. The highest BCUT2D eigenvalue weighted by atomic mass is 32.2. The van der Waals surface area contributed by atoms with Gasteiger partial charge in [-0.1, -0.05) is 56.8 Å². The van der Waals surface area contributed by atoms with Crippen molar-refractivity contribution in [1.82, 2.24) is 20.2 Å². The first-order valence-corrected chi connectivity index (χ1v) is 7.86. The highest BCUT2D eigenvalue weighted by Crippen LogP contribution is 2.25. The number of tetrazole rings is 1. The zero-order valence-corrected chi connectivity index (χ0v) is 13.6. The Morgan fingerprint density at radius 2 is 1.80 bits per heavy atom. The molecular formula is C15H22N4S. The van der Waals surface area contributed by atoms with E-state index in [1.165, 1.54) is 11.1 Å². The van der Waals surface area contributed by atoms with Crippen LogP contribution in [0.1, 0.15) is 51.8 Å². The van der Waals surface area contributed by atoms with E-state index in [1.807, 2.05) is 4.68 Å². The summed E-state index contributed by atoms with van der Waals surface area (Å²) in [5.41, 5.74) is 2.85. The van der Waals surface area contributed by atoms with E-state index in [-0.39, 0.29) is 11.5 Å². The van der Waals surface area contributed by atoms with Crippen molar-refractivity contribution < 1.29 is 0 Å². The van der Waals surface area contributed by atoms with Crippen molar-refractivity contribution in [3.05, 3.63) is 35.4 Å². The predicted octanol–water partition coefficient (Wildman–Crippen LogP) is 3.84. The maximum atomic E-state index is 4.07. The summed E-state index contributed by atoms with van der Waals surface area (Å²) < 4.78 is 1.86. The topological polar surface area (TPSA) is 43.6 Å². The molecule has 0 radical (unpaired) electrons. The molecule has 0 atom stereocenters. The van der Waals surface area contributed by atoms with Gasteiger partial charge in [0.15, 0.2) is 0 Å². The fourth-order valence-electron chi connectivity index (χ4n) is 1.85. The standard InChI is InChI=1S/C15H22N4S/c1-11(2)19-14(16-17-18-19)20-10-12-6-8-13(9-7-12)15(3,4)5/h6-9,11H,10H2,1-5H3. The van der Waals surface area contributed by atoms with Gasteiger partial charge in [0, 0.05) is 5.75 Å². The summed E-state index contributed by atoms with van der Waals surface area (Å²) in [7, 11) is 0. The van der Waals surface area contributed by atoms with Crippen molar-refractivity contribution in [3.8, 4) is 0 Å². The van der Waals surface area contributed by atoms with Gasteiger partial charge in [0.2, 0.25) is 5.16 Å². The molecule has 1 aromatic carbocycles. The smallest absolute Gasteiger partial charge is 0.209 e. The highest BCUT2D eigenvalue weighted by Gasteiger charge is 2.13. The van der Waals surface area contributed by atoms with Gasteiger partial charge in [-0.2, -0.15) is 0 Å². The molecule has 0 fully saturated rings. The van der Waals surface area contributed by atoms with Crippen LogP contribution >= 0.6 is 11.8 Å². The summed E-state index contributed by atoms with van der Waals surface area (Å²) in [6.07, 6.45) is 0. The molecule has 0 aliphatic rings. The number of aromatic nitrogens is 4. The van der Waals surface area contributed by atoms with Crippen LogP contribution in [0.15, 0.2) is 29.4 Å². The molecule has 2 rings (SSSR count). The van der Waals surface area contributed by atoms with Crippen LogP contribution in [0.5, 0.6) is 0 Å². The van der Waals surface area contributed by atoms with Gasteiger partial charge in [-0.25, -0.2) is 4.68 Å². The molecule has 0 aliphatic heterocycles. The number of rotatable bonds is 4. The molecule has 4 nitrogen and oxygen atoms in total. The third kappa shape index (κ3) is 3.60. The second-order valence-corrected chi connectivity index (χ2v) is 7.18. The van der Waals surface area contributed by atoms with Gasteiger partial charge >= 0.3 is 0 Å². The molecule has 0 N–H and O–H groups in total. The molecule has 1 heterocycles. The lowest BCUT2D eigenvalue weighted by atomic mass is 9.87. The molecule has 0 saturated heterocycles. The minimum absolute atomic E-state index is 0.202. The van der Waals surface area contributed by atoms with E-state index in [0.717, 1.165) is 10.9 Å². The van der Waals surface area contributed by atoms with Gasteiger partial charge in [-0.15, -0.1) is 5.10 Å². The normalized spacial score (nSPS) is 12.1. The molecule has 0 bridgehead atoms. The van der Waals surface area contributed by atoms with Gasteiger partial charge in [-0.05, 0) is 40.8 Å². The molecule has 5 heteroatoms. The van der Waals surface area contributed by atoms with E-state index >= 15 is 0 Å². The fourth-order valence-corrected chi connectivity index (χ4v) is 2.82. The molecule has 2 aromatic rings. The number of benzene rings is 1. The van der Waals surface area contributed by atoms with E-state index in [1.54, 1.807) is 11.8 Å². The molecule has 0 aliphatic carbocycles. The Kier molecular flexibility index (Phi) is 4.48. The summed E-state index contributed by atoms with van der Waals surface area (Å²) in [4.78, 5) is 0. The second-order valence-electron chi connectivity index (χ2n) is 6.24. The lowest BCUT2D eigenvalue weighted by Crippen LogP contribution is -2.10. The molecular weight excluding hydrogens is 268 g/mol. The van der Waals surface area contributed by atoms with E-state index in [0.29, 0.717) is 0 Å². The molecule has 20 heavy (non-hydrogen) atoms. The van der Waals surface area contributed by atoms with E-state index < -0.39 is 0 Å². The number of hydrogen-bond donors (Lipinski definition) is 0. The fraction of sp³-hybridized carbons (Fsp3) is 0.533. The first-order valence-electron chi connectivity index (χ1n) is 6.88. The highest BCUT2D eigenvalue weighted by molar-refractivity contribution is 7.98. The van der Waals surface area contributed by atoms with Crippen LogP contribution in [0.3, 0.4) is 0 Å². The third-order valence-corrected chi connectivity index (χ3v) is 4.14. The average molecular weight is 290 g/mol. The second kappa shape index (κ2) is 5.95. The minimum Gasteiger partial charge on any atom is -0.218 e. The largest absolute Gasteiger partial charge is 0.218 e. The van der Waals surface area contributed by atoms with Crippen molar-refractivity contribution in [2.45, 2.75) is 57.0 Å². The Hall–Kier alpha value is -1.36. The molecule has 0 saturated carbocycles. The van der Waals surface area contributed by atoms with Crippen molar-refractivity contribution in [2.75, 3.05) is 0 Å². The van der Waals surface area contributed by atoms with Crippen LogP contribution < -0.4 is 0 Å². The Morgan fingerprint density at radius 3 is 2.35 bits per heavy atom. The molecule has 0 spiro atoms. The maximum absolute atomic E-state index is 4.07. The minimum atomic E-state index is 0.202. The van der Waals surface area contributed by atoms with Crippen molar-refractivity contribution in [2.24, 2.45) is 0 Å². The molecule has 1 aromatic heterocycles. The number of hydrogen-bond acceptors (Lipinski definition) is 4. The zero-order chi connectivity index (χ0) is 14.8. The van der Waals surface area contributed by atoms with Gasteiger partial charge in [0.1, 0.15) is 0 Å². The maximum Gasteiger partial charge on any atom is 0.209 e. The van der Waals surface area contributed by atoms with Gasteiger partial charge < -0.3 is 0 Å². The van der Waals surface area contributed by atoms with Crippen molar-refractivity contribution in [3.63, 3.8) is 0 Å². The Bertz CT molecular complexity index is 552. The molecule has 0 amide bonds. The van der Waals surface area contributed by atoms with Gasteiger partial charge in [0.05, 0.1) is 6.04 Å². The molecule has 0 unspecified atom stereocenters. The predicted molar refractivity (Wildman–Crippen MR) is 82.9 cm³/mol. The Labute approximate surface area is 125 Å². The van der Waals surface area contributed by atoms with Crippen LogP contribution in [-0.4, -0.2) is 20.2 Å².